The lowest BCUT2D eigenvalue weighted by Crippen LogP contribution is -2.39. The van der Waals surface area contributed by atoms with Crippen LogP contribution in [0.25, 0.3) is 0 Å². The van der Waals surface area contributed by atoms with E-state index >= 15 is 0 Å². The zero-order valence-electron chi connectivity index (χ0n) is 20.3. The second-order valence-corrected chi connectivity index (χ2v) is 10.2. The van der Waals surface area contributed by atoms with E-state index in [0.717, 1.165) is 37.3 Å². The van der Waals surface area contributed by atoms with Crippen LogP contribution in [0.1, 0.15) is 89.4 Å². The third kappa shape index (κ3) is 5.73. The fraction of sp³-hybridized carbons (Fsp3) is 0.783. The zero-order valence-corrected chi connectivity index (χ0v) is 20.3. The van der Waals surface area contributed by atoms with Gasteiger partial charge in [-0.05, 0) is 59.8 Å². The van der Waals surface area contributed by atoms with E-state index in [1.807, 2.05) is 10.9 Å². The molecule has 31 heavy (non-hydrogen) atoms. The summed E-state index contributed by atoms with van der Waals surface area (Å²) in [5.41, 5.74) is 2.60. The Balaban J connectivity index is 1.63. The lowest BCUT2D eigenvalue weighted by Gasteiger charge is -2.30. The first-order valence-electron chi connectivity index (χ1n) is 11.7. The molecular weight excluding hydrogens is 390 g/mol. The molecule has 0 saturated carbocycles. The highest BCUT2D eigenvalue weighted by Crippen LogP contribution is 2.30. The van der Waals surface area contributed by atoms with Gasteiger partial charge in [-0.2, -0.15) is 5.10 Å². The summed E-state index contributed by atoms with van der Waals surface area (Å²) in [4.78, 5) is 0. The first-order valence-corrected chi connectivity index (χ1v) is 11.7. The molecule has 0 radical (unpaired) electrons. The second-order valence-electron chi connectivity index (χ2n) is 10.2. The third-order valence-electron chi connectivity index (χ3n) is 6.43. The van der Waals surface area contributed by atoms with Crippen molar-refractivity contribution in [2.75, 3.05) is 6.61 Å². The van der Waals surface area contributed by atoms with Crippen molar-refractivity contribution in [2.45, 2.75) is 97.4 Å². The lowest BCUT2D eigenvalue weighted by atomic mass is 9.90. The number of aliphatic hydroxyl groups excluding tert-OH is 1. The summed E-state index contributed by atoms with van der Waals surface area (Å²) < 4.78 is 4.11. The minimum absolute atomic E-state index is 0.0289. The quantitative estimate of drug-likeness (QED) is 0.565. The maximum atomic E-state index is 9.28. The van der Waals surface area contributed by atoms with Crippen LogP contribution in [-0.2, 0) is 26.4 Å². The molecule has 0 aliphatic heterocycles. The molecule has 2 aromatic heterocycles. The summed E-state index contributed by atoms with van der Waals surface area (Å²) in [6.45, 7) is 13.9. The Morgan fingerprint density at radius 1 is 1.23 bits per heavy atom. The van der Waals surface area contributed by atoms with Crippen molar-refractivity contribution < 1.29 is 5.11 Å². The van der Waals surface area contributed by atoms with Gasteiger partial charge in [0.25, 0.3) is 0 Å². The van der Waals surface area contributed by atoms with Crippen LogP contribution in [0.15, 0.2) is 6.20 Å². The standard InChI is InChI=1S/C23H41N7O/c1-15(13-21-27-28-22(29(21)7)17(3)26-23(4,5)6)16(2)25-19-9-8-10-20-18(19)14-24-30(20)11-12-31/h14-17,19,25-26,31H,8-13H2,1-7H3. The SMILES string of the molecule is CC(NC(C)(C)C)c1nnc(CC(C)C(C)NC2CCCc3c2cnn3CCO)n1C. The molecule has 8 heteroatoms. The van der Waals surface area contributed by atoms with Crippen LogP contribution in [0.3, 0.4) is 0 Å². The van der Waals surface area contributed by atoms with Gasteiger partial charge in [-0.1, -0.05) is 6.92 Å². The van der Waals surface area contributed by atoms with Gasteiger partial charge in [0.15, 0.2) is 0 Å². The zero-order chi connectivity index (χ0) is 22.8. The van der Waals surface area contributed by atoms with Crippen molar-refractivity contribution in [3.63, 3.8) is 0 Å². The molecule has 3 N–H and O–H groups in total. The fourth-order valence-corrected chi connectivity index (χ4v) is 4.67. The van der Waals surface area contributed by atoms with Gasteiger partial charge in [-0.25, -0.2) is 0 Å². The summed E-state index contributed by atoms with van der Waals surface area (Å²) in [5.74, 6) is 2.42. The third-order valence-corrected chi connectivity index (χ3v) is 6.43. The largest absolute Gasteiger partial charge is 0.394 e. The Bertz CT molecular complexity index is 851. The van der Waals surface area contributed by atoms with Crippen molar-refractivity contribution in [1.29, 1.82) is 0 Å². The second kappa shape index (κ2) is 9.79. The van der Waals surface area contributed by atoms with E-state index in [1.165, 1.54) is 11.3 Å². The number of nitrogens with zero attached hydrogens (tertiary/aromatic N) is 5. The van der Waals surface area contributed by atoms with Crippen LogP contribution < -0.4 is 10.6 Å². The van der Waals surface area contributed by atoms with Crippen LogP contribution in [0.2, 0.25) is 0 Å². The topological polar surface area (TPSA) is 92.8 Å². The molecule has 0 spiro atoms. The van der Waals surface area contributed by atoms with Gasteiger partial charge in [0, 0.05) is 42.3 Å². The molecular formula is C23H41N7O. The molecule has 4 atom stereocenters. The van der Waals surface area contributed by atoms with Gasteiger partial charge in [-0.3, -0.25) is 4.68 Å². The van der Waals surface area contributed by atoms with Gasteiger partial charge in [-0.15, -0.1) is 10.2 Å². The summed E-state index contributed by atoms with van der Waals surface area (Å²) in [6, 6.07) is 0.801. The number of hydrogen-bond acceptors (Lipinski definition) is 6. The molecule has 8 nitrogen and oxygen atoms in total. The molecule has 4 unspecified atom stereocenters. The minimum Gasteiger partial charge on any atom is -0.394 e. The summed E-state index contributed by atoms with van der Waals surface area (Å²) >= 11 is 0. The number of fused-ring (bicyclic) bond motifs is 1. The molecule has 2 heterocycles. The Kier molecular flexibility index (Phi) is 7.55. The normalized spacial score (nSPS) is 19.8. The van der Waals surface area contributed by atoms with Crippen LogP contribution in [0.4, 0.5) is 0 Å². The minimum atomic E-state index is 0.0289. The highest BCUT2D eigenvalue weighted by molar-refractivity contribution is 5.25. The van der Waals surface area contributed by atoms with Gasteiger partial charge < -0.3 is 20.3 Å². The Morgan fingerprint density at radius 3 is 2.65 bits per heavy atom. The summed E-state index contributed by atoms with van der Waals surface area (Å²) in [5, 5.41) is 30.2. The van der Waals surface area contributed by atoms with Crippen molar-refractivity contribution in [3.05, 3.63) is 29.1 Å². The lowest BCUT2D eigenvalue weighted by molar-refractivity contribution is 0.265. The number of nitrogens with one attached hydrogen (secondary N) is 2. The van der Waals surface area contributed by atoms with E-state index in [4.69, 9.17) is 0 Å². The smallest absolute Gasteiger partial charge is 0.149 e. The van der Waals surface area contributed by atoms with Crippen molar-refractivity contribution in [3.8, 4) is 0 Å². The number of aliphatic hydroxyl groups is 1. The number of hydrogen-bond donors (Lipinski definition) is 3. The van der Waals surface area contributed by atoms with Crippen molar-refractivity contribution in [2.24, 2.45) is 13.0 Å². The van der Waals surface area contributed by atoms with E-state index in [-0.39, 0.29) is 18.2 Å². The fourth-order valence-electron chi connectivity index (χ4n) is 4.67. The van der Waals surface area contributed by atoms with Gasteiger partial charge >= 0.3 is 0 Å². The Labute approximate surface area is 186 Å². The van der Waals surface area contributed by atoms with E-state index < -0.39 is 0 Å². The van der Waals surface area contributed by atoms with Crippen LogP contribution in [0, 0.1) is 5.92 Å². The Morgan fingerprint density at radius 2 is 1.97 bits per heavy atom. The van der Waals surface area contributed by atoms with Crippen LogP contribution in [0.5, 0.6) is 0 Å². The van der Waals surface area contributed by atoms with E-state index in [2.05, 4.69) is 79.1 Å². The first-order chi connectivity index (χ1) is 14.6. The van der Waals surface area contributed by atoms with Crippen LogP contribution >= 0.6 is 0 Å². The summed E-state index contributed by atoms with van der Waals surface area (Å²) in [6.07, 6.45) is 6.17. The van der Waals surface area contributed by atoms with Gasteiger partial charge in [0.2, 0.25) is 0 Å². The van der Waals surface area contributed by atoms with Crippen molar-refractivity contribution in [1.82, 2.24) is 35.2 Å². The van der Waals surface area contributed by atoms with Crippen LogP contribution in [-0.4, -0.2) is 47.8 Å². The maximum absolute atomic E-state index is 9.28. The highest BCUT2D eigenvalue weighted by Gasteiger charge is 2.27. The Hall–Kier alpha value is -1.77. The molecule has 1 aliphatic carbocycles. The molecule has 174 valence electrons. The van der Waals surface area contributed by atoms with E-state index in [0.29, 0.717) is 24.5 Å². The molecule has 2 aromatic rings. The first kappa shape index (κ1) is 23.9. The molecule has 0 amide bonds. The predicted molar refractivity (Wildman–Crippen MR) is 123 cm³/mol. The molecule has 0 aromatic carbocycles. The molecule has 0 bridgehead atoms. The molecule has 3 rings (SSSR count). The van der Waals surface area contributed by atoms with Gasteiger partial charge in [0.05, 0.1) is 25.4 Å². The summed E-state index contributed by atoms with van der Waals surface area (Å²) in [7, 11) is 2.07. The van der Waals surface area contributed by atoms with Crippen molar-refractivity contribution >= 4 is 0 Å². The number of rotatable bonds is 9. The van der Waals surface area contributed by atoms with Gasteiger partial charge in [0.1, 0.15) is 11.6 Å². The maximum Gasteiger partial charge on any atom is 0.149 e. The average Bonchev–Trinajstić information content (AvgIpc) is 3.25. The molecule has 1 aliphatic rings. The monoisotopic (exact) mass is 431 g/mol. The van der Waals surface area contributed by atoms with E-state index in [1.54, 1.807) is 0 Å². The number of aromatic nitrogens is 5. The molecule has 0 fully saturated rings. The molecule has 0 saturated heterocycles. The highest BCUT2D eigenvalue weighted by atomic mass is 16.3. The predicted octanol–water partition coefficient (Wildman–Crippen LogP) is 2.69. The average molecular weight is 432 g/mol. The van der Waals surface area contributed by atoms with E-state index in [9.17, 15) is 5.11 Å².